The van der Waals surface area contributed by atoms with E-state index in [9.17, 15) is 31.2 Å². The molecule has 1 aliphatic carbocycles. The minimum atomic E-state index is -5.07. The summed E-state index contributed by atoms with van der Waals surface area (Å²) in [6.07, 6.45) is -3.41. The summed E-state index contributed by atoms with van der Waals surface area (Å²) in [6, 6.07) is 3.04. The van der Waals surface area contributed by atoms with Crippen molar-refractivity contribution in [3.05, 3.63) is 51.8 Å². The fourth-order valence-corrected chi connectivity index (χ4v) is 6.33. The van der Waals surface area contributed by atoms with Crippen LogP contribution in [0.3, 0.4) is 0 Å². The zero-order valence-electron chi connectivity index (χ0n) is 20.9. The summed E-state index contributed by atoms with van der Waals surface area (Å²) in [5.74, 6) is -1.89. The van der Waals surface area contributed by atoms with Crippen molar-refractivity contribution >= 4 is 50.7 Å². The molecular weight excluding hydrogens is 584 g/mol. The molecule has 1 unspecified atom stereocenters. The summed E-state index contributed by atoms with van der Waals surface area (Å²) in [5, 5.41) is 1.94. The van der Waals surface area contributed by atoms with Gasteiger partial charge in [-0.25, -0.2) is 13.2 Å². The Labute approximate surface area is 233 Å². The zero-order valence-corrected chi connectivity index (χ0v) is 23.2. The number of likely N-dealkylation sites (N-methyl/N-ethyl adjacent to an activating group) is 1. The Hall–Kier alpha value is -2.45. The number of benzene rings is 1. The molecule has 2 atom stereocenters. The first kappa shape index (κ1) is 29.5. The summed E-state index contributed by atoms with van der Waals surface area (Å²) in [5.41, 5.74) is -0.466. The Balaban J connectivity index is 1.72. The highest BCUT2D eigenvalue weighted by molar-refractivity contribution is 7.91. The van der Waals surface area contributed by atoms with Crippen molar-refractivity contribution in [2.24, 2.45) is 4.99 Å². The van der Waals surface area contributed by atoms with Crippen LogP contribution >= 0.6 is 23.2 Å². The van der Waals surface area contributed by atoms with Gasteiger partial charge in [0.1, 0.15) is 11.1 Å². The number of carbonyl (C=O) groups is 2. The van der Waals surface area contributed by atoms with Gasteiger partial charge in [-0.3, -0.25) is 14.6 Å². The molecule has 4 rings (SSSR count). The molecule has 0 aromatic heterocycles. The van der Waals surface area contributed by atoms with Gasteiger partial charge < -0.3 is 10.1 Å². The van der Waals surface area contributed by atoms with E-state index in [1.54, 1.807) is 7.05 Å². The lowest BCUT2D eigenvalue weighted by atomic mass is 9.91. The molecule has 39 heavy (non-hydrogen) atoms. The molecule has 1 saturated heterocycles. The first-order chi connectivity index (χ1) is 18.2. The van der Waals surface area contributed by atoms with Crippen LogP contribution in [0, 0.1) is 0 Å². The van der Waals surface area contributed by atoms with E-state index < -0.39 is 45.8 Å². The number of nitrogens with zero attached hydrogens (tertiary/aromatic N) is 3. The summed E-state index contributed by atoms with van der Waals surface area (Å²) < 4.78 is 69.5. The lowest BCUT2D eigenvalue weighted by molar-refractivity contribution is -0.303. The minimum Gasteiger partial charge on any atom is -0.406 e. The summed E-state index contributed by atoms with van der Waals surface area (Å²) >= 11 is 12.6. The molecular formula is C24H25Cl2F3N4O5S. The first-order valence-electron chi connectivity index (χ1n) is 11.9. The van der Waals surface area contributed by atoms with Gasteiger partial charge in [-0.05, 0) is 43.3 Å². The number of likely N-dealkylation sites (tertiary alicyclic amines) is 1. The molecule has 1 aromatic rings. The molecule has 3 amide bonds. The number of carbonyl (C=O) groups excluding carboxylic acids is 2. The van der Waals surface area contributed by atoms with Crippen LogP contribution in [-0.4, -0.2) is 86.1 Å². The number of ether oxygens (including phenoxy) is 1. The van der Waals surface area contributed by atoms with Gasteiger partial charge in [-0.1, -0.05) is 18.5 Å². The predicted molar refractivity (Wildman–Crippen MR) is 138 cm³/mol. The van der Waals surface area contributed by atoms with Crippen LogP contribution in [0.5, 0.6) is 0 Å². The smallest absolute Gasteiger partial charge is 0.406 e. The fourth-order valence-electron chi connectivity index (χ4n) is 4.68. The standard InChI is InChI=1S/C24H25Cl2F3N4O5S/c1-3-39(36,37)19-5-4-14(25)8-13(19)10-33-22(34)16-9-18(38-24(27,28)29)17(20(26)21(16)31-23(33)35)12-32-7-6-15(11-32)30-2/h4-5,8-9,15,20,30H,3,6-7,10-12H2,1-2H3/t15-,20?/m1/s1. The van der Waals surface area contributed by atoms with E-state index in [2.05, 4.69) is 15.0 Å². The normalized spacial score (nSPS) is 22.7. The average Bonchev–Trinajstić information content (AvgIpc) is 3.32. The molecule has 0 bridgehead atoms. The number of hydrogen-bond donors (Lipinski definition) is 1. The minimum absolute atomic E-state index is 0.00735. The van der Waals surface area contributed by atoms with Gasteiger partial charge in [0.15, 0.2) is 9.84 Å². The van der Waals surface area contributed by atoms with Crippen LogP contribution in [-0.2, 0) is 25.9 Å². The second-order valence-corrected chi connectivity index (χ2v) is 12.3. The molecule has 0 radical (unpaired) electrons. The molecule has 212 valence electrons. The van der Waals surface area contributed by atoms with Gasteiger partial charge in [0.05, 0.1) is 28.5 Å². The zero-order chi connectivity index (χ0) is 28.7. The van der Waals surface area contributed by atoms with Crippen molar-refractivity contribution in [2.75, 3.05) is 32.4 Å². The number of sulfone groups is 1. The van der Waals surface area contributed by atoms with E-state index in [-0.39, 0.29) is 50.7 Å². The Morgan fingerprint density at radius 2 is 1.95 bits per heavy atom. The van der Waals surface area contributed by atoms with Crippen molar-refractivity contribution in [1.82, 2.24) is 15.1 Å². The Morgan fingerprint density at radius 3 is 2.56 bits per heavy atom. The topological polar surface area (TPSA) is 108 Å². The highest BCUT2D eigenvalue weighted by Gasteiger charge is 2.44. The lowest BCUT2D eigenvalue weighted by Crippen LogP contribution is -2.46. The molecule has 2 aliphatic heterocycles. The van der Waals surface area contributed by atoms with Crippen LogP contribution in [0.1, 0.15) is 18.9 Å². The van der Waals surface area contributed by atoms with E-state index in [1.165, 1.54) is 25.1 Å². The molecule has 2 heterocycles. The Morgan fingerprint density at radius 1 is 1.23 bits per heavy atom. The number of rotatable bonds is 8. The Kier molecular flexibility index (Phi) is 8.48. The van der Waals surface area contributed by atoms with E-state index in [1.807, 2.05) is 4.90 Å². The van der Waals surface area contributed by atoms with Crippen molar-refractivity contribution in [2.45, 2.75) is 42.6 Å². The molecule has 1 fully saturated rings. The molecule has 1 N–H and O–H groups in total. The Bertz CT molecular complexity index is 1390. The molecule has 15 heteroatoms. The third kappa shape index (κ3) is 6.32. The number of amides is 3. The molecule has 9 nitrogen and oxygen atoms in total. The SMILES string of the molecule is CCS(=O)(=O)c1ccc(Cl)cc1CN1C(=O)N=C2C(=CC(OC(F)(F)F)=C(CN3CC[C@@H](NC)C3)C2Cl)C1=O. The van der Waals surface area contributed by atoms with E-state index in [0.29, 0.717) is 18.0 Å². The van der Waals surface area contributed by atoms with Gasteiger partial charge in [0, 0.05) is 36.3 Å². The van der Waals surface area contributed by atoms with Gasteiger partial charge >= 0.3 is 12.4 Å². The number of hydrogen-bond acceptors (Lipinski definition) is 7. The number of fused-ring (bicyclic) bond motifs is 1. The van der Waals surface area contributed by atoms with Gasteiger partial charge in [-0.15, -0.1) is 24.8 Å². The van der Waals surface area contributed by atoms with Crippen molar-refractivity contribution in [1.29, 1.82) is 0 Å². The lowest BCUT2D eigenvalue weighted by Gasteiger charge is -2.33. The van der Waals surface area contributed by atoms with Gasteiger partial charge in [0.2, 0.25) is 0 Å². The fraction of sp³-hybridized carbons (Fsp3) is 0.458. The number of urea groups is 1. The molecule has 3 aliphatic rings. The quantitative estimate of drug-likeness (QED) is 0.449. The van der Waals surface area contributed by atoms with Gasteiger partial charge in [-0.2, -0.15) is 4.99 Å². The number of aliphatic imine (C=N–C) groups is 1. The van der Waals surface area contributed by atoms with Crippen LogP contribution in [0.2, 0.25) is 5.02 Å². The monoisotopic (exact) mass is 608 g/mol. The van der Waals surface area contributed by atoms with Crippen LogP contribution in [0.4, 0.5) is 18.0 Å². The van der Waals surface area contributed by atoms with E-state index >= 15 is 0 Å². The summed E-state index contributed by atoms with van der Waals surface area (Å²) in [7, 11) is -1.97. The number of halogens is 5. The second-order valence-electron chi connectivity index (χ2n) is 9.19. The van der Waals surface area contributed by atoms with E-state index in [4.69, 9.17) is 23.2 Å². The molecule has 1 aromatic carbocycles. The van der Waals surface area contributed by atoms with Crippen LogP contribution in [0.25, 0.3) is 0 Å². The third-order valence-electron chi connectivity index (χ3n) is 6.70. The maximum atomic E-state index is 13.4. The van der Waals surface area contributed by atoms with Crippen LogP contribution < -0.4 is 5.32 Å². The predicted octanol–water partition coefficient (Wildman–Crippen LogP) is 3.67. The van der Waals surface area contributed by atoms with Crippen molar-refractivity contribution in [3.8, 4) is 0 Å². The molecule has 0 saturated carbocycles. The first-order valence-corrected chi connectivity index (χ1v) is 14.4. The highest BCUT2D eigenvalue weighted by Crippen LogP contribution is 2.36. The summed E-state index contributed by atoms with van der Waals surface area (Å²) in [6.45, 7) is 2.06. The maximum Gasteiger partial charge on any atom is 0.573 e. The number of imide groups is 1. The number of alkyl halides is 4. The number of nitrogens with one attached hydrogen (secondary N) is 1. The van der Waals surface area contributed by atoms with Crippen molar-refractivity contribution in [3.63, 3.8) is 0 Å². The second kappa shape index (κ2) is 11.2. The highest BCUT2D eigenvalue weighted by atomic mass is 35.5. The summed E-state index contributed by atoms with van der Waals surface area (Å²) in [4.78, 5) is 32.7. The van der Waals surface area contributed by atoms with Gasteiger partial charge in [0.25, 0.3) is 5.91 Å². The largest absolute Gasteiger partial charge is 0.573 e. The number of allylic oxidation sites excluding steroid dienone is 1. The average molecular weight is 609 g/mol. The van der Waals surface area contributed by atoms with Crippen molar-refractivity contribution < 1.29 is 35.9 Å². The maximum absolute atomic E-state index is 13.4. The third-order valence-corrected chi connectivity index (χ3v) is 9.24. The molecule has 0 spiro atoms. The van der Waals surface area contributed by atoms with Crippen LogP contribution in [0.15, 0.2) is 51.1 Å². The van der Waals surface area contributed by atoms with E-state index in [0.717, 1.165) is 12.5 Å².